The summed E-state index contributed by atoms with van der Waals surface area (Å²) in [5.74, 6) is -4.76. The maximum absolute atomic E-state index is 13.4. The molecule has 10 rings (SSSR count). The van der Waals surface area contributed by atoms with Crippen LogP contribution in [-0.4, -0.2) is 133 Å². The molecule has 0 aliphatic carbocycles. The molecule has 0 saturated carbocycles. The minimum Gasteiger partial charge on any atom is -0.450 e. The van der Waals surface area contributed by atoms with Crippen LogP contribution >= 0.6 is 23.2 Å². The number of para-hydroxylation sites is 1. The summed E-state index contributed by atoms with van der Waals surface area (Å²) >= 11 is 13.8. The fraction of sp³-hybridized carbons (Fsp3) is 0.143. The van der Waals surface area contributed by atoms with Gasteiger partial charge in [0.25, 0.3) is 50.6 Å². The molecule has 424 valence electrons. The fourth-order valence-electron chi connectivity index (χ4n) is 7.88. The van der Waals surface area contributed by atoms with Gasteiger partial charge in [-0.2, -0.15) is 72.0 Å². The number of aromatic nitrogens is 6. The van der Waals surface area contributed by atoms with Gasteiger partial charge in [0.2, 0.25) is 35.7 Å². The Labute approximate surface area is 466 Å². The van der Waals surface area contributed by atoms with Crippen molar-refractivity contribution >= 4 is 144 Å². The lowest BCUT2D eigenvalue weighted by molar-refractivity contribution is 0.122. The molecule has 1 fully saturated rings. The first-order valence-electron chi connectivity index (χ1n) is 22.5. The molecule has 32 nitrogen and oxygen atoms in total. The third kappa shape index (κ3) is 12.3. The van der Waals surface area contributed by atoms with Crippen LogP contribution in [0.15, 0.2) is 102 Å². The van der Waals surface area contributed by atoms with Crippen molar-refractivity contribution in [1.29, 1.82) is 0 Å². The Bertz CT molecular complexity index is 4510. The second-order valence-corrected chi connectivity index (χ2v) is 24.7. The first-order valence-corrected chi connectivity index (χ1v) is 30.6. The number of nitrogens with zero attached hydrogens (tertiary/aromatic N) is 9. The summed E-state index contributed by atoms with van der Waals surface area (Å²) < 4.78 is 191. The lowest BCUT2D eigenvalue weighted by Crippen LogP contribution is -2.37. The molecule has 7 aromatic rings. The first-order chi connectivity index (χ1) is 38.1. The van der Waals surface area contributed by atoms with E-state index in [0.29, 0.717) is 26.3 Å². The molecule has 5 heterocycles. The van der Waals surface area contributed by atoms with Crippen LogP contribution in [0.3, 0.4) is 0 Å². The number of ether oxygens (including phenoxy) is 3. The average molecular weight is 1250 g/mol. The minimum atomic E-state index is -5.37. The molecule has 0 unspecified atom stereocenters. The molecule has 39 heteroatoms. The van der Waals surface area contributed by atoms with Crippen LogP contribution in [0.5, 0.6) is 23.0 Å². The van der Waals surface area contributed by atoms with Crippen LogP contribution < -0.4 is 51.7 Å². The number of hydrogen-bond acceptors (Lipinski definition) is 27. The van der Waals surface area contributed by atoms with Crippen LogP contribution in [0.25, 0.3) is 0 Å². The van der Waals surface area contributed by atoms with Gasteiger partial charge in [0.1, 0.15) is 37.0 Å². The van der Waals surface area contributed by atoms with Gasteiger partial charge in [-0.3, -0.25) is 22.8 Å². The summed E-state index contributed by atoms with van der Waals surface area (Å²) in [5, 5.41) is 11.8. The number of hydrogen-bond donors (Lipinski definition) is 10. The van der Waals surface area contributed by atoms with Crippen molar-refractivity contribution in [2.75, 3.05) is 70.1 Å². The predicted molar refractivity (Wildman–Crippen MR) is 284 cm³/mol. The topological polar surface area (TPSA) is 465 Å². The maximum Gasteiger partial charge on any atom is 0.300 e. The molecule has 3 aliphatic rings. The van der Waals surface area contributed by atoms with Crippen molar-refractivity contribution in [3.63, 3.8) is 0 Å². The molecular formula is C42H34Cl2N14O18S5. The molecule has 0 atom stereocenters. The lowest BCUT2D eigenvalue weighted by Gasteiger charge is -2.27. The second-order valence-electron chi connectivity index (χ2n) is 16.8. The molecular weight excluding hydrogens is 1220 g/mol. The fourth-order valence-corrected chi connectivity index (χ4v) is 11.4. The Kier molecular flexibility index (Phi) is 14.8. The Balaban J connectivity index is 1.01. The van der Waals surface area contributed by atoms with Gasteiger partial charge in [0, 0.05) is 25.3 Å². The van der Waals surface area contributed by atoms with Gasteiger partial charge in [-0.15, -0.1) is 0 Å². The normalized spacial score (nSPS) is 14.1. The summed E-state index contributed by atoms with van der Waals surface area (Å²) in [6, 6.07) is 14.5. The van der Waals surface area contributed by atoms with Gasteiger partial charge in [-0.1, -0.05) is 35.3 Å². The highest BCUT2D eigenvalue weighted by Crippen LogP contribution is 2.49. The van der Waals surface area contributed by atoms with Crippen molar-refractivity contribution in [2.24, 2.45) is 9.98 Å². The van der Waals surface area contributed by atoms with Gasteiger partial charge in [-0.25, -0.2) is 9.98 Å². The Hall–Kier alpha value is -7.79. The number of rotatable bonds is 17. The molecule has 0 amide bonds. The number of benzene rings is 5. The Morgan fingerprint density at radius 1 is 0.506 bits per heavy atom. The van der Waals surface area contributed by atoms with E-state index in [-0.39, 0.29) is 61.9 Å². The van der Waals surface area contributed by atoms with Gasteiger partial charge in [0.15, 0.2) is 32.8 Å². The van der Waals surface area contributed by atoms with Crippen LogP contribution in [0, 0.1) is 0 Å². The van der Waals surface area contributed by atoms with E-state index in [4.69, 9.17) is 37.4 Å². The third-order valence-electron chi connectivity index (χ3n) is 11.3. The summed E-state index contributed by atoms with van der Waals surface area (Å²) in [5.41, 5.74) is -1.44. The second kappa shape index (κ2) is 21.3. The molecule has 0 radical (unpaired) electrons. The van der Waals surface area contributed by atoms with Crippen molar-refractivity contribution in [3.8, 4) is 23.0 Å². The molecule has 81 heavy (non-hydrogen) atoms. The van der Waals surface area contributed by atoms with E-state index in [2.05, 4.69) is 66.5 Å². The molecule has 10 N–H and O–H groups in total. The summed E-state index contributed by atoms with van der Waals surface area (Å²) in [6.07, 6.45) is 0. The summed E-state index contributed by atoms with van der Waals surface area (Å²) in [6.45, 7) is 0.792. The van der Waals surface area contributed by atoms with Crippen LogP contribution in [0.1, 0.15) is 0 Å². The van der Waals surface area contributed by atoms with E-state index in [1.165, 1.54) is 48.5 Å². The largest absolute Gasteiger partial charge is 0.450 e. The highest BCUT2D eigenvalue weighted by molar-refractivity contribution is 7.87. The van der Waals surface area contributed by atoms with Crippen LogP contribution in [0.2, 0.25) is 10.0 Å². The van der Waals surface area contributed by atoms with Gasteiger partial charge in [-0.05, 0) is 60.7 Å². The van der Waals surface area contributed by atoms with E-state index in [9.17, 15) is 64.9 Å². The average Bonchev–Trinajstić information content (AvgIpc) is 3.56. The lowest BCUT2D eigenvalue weighted by atomic mass is 10.2. The molecule has 1 saturated heterocycles. The quantitative estimate of drug-likeness (QED) is 0.0558. The zero-order valence-corrected chi connectivity index (χ0v) is 45.6. The minimum absolute atomic E-state index is 0.0870. The van der Waals surface area contributed by atoms with E-state index in [1.54, 1.807) is 4.90 Å². The van der Waals surface area contributed by atoms with E-state index >= 15 is 0 Å². The zero-order chi connectivity index (χ0) is 58.0. The number of anilines is 10. The number of halogens is 2. The maximum atomic E-state index is 13.4. The zero-order valence-electron chi connectivity index (χ0n) is 40.0. The van der Waals surface area contributed by atoms with E-state index < -0.39 is 134 Å². The van der Waals surface area contributed by atoms with Crippen LogP contribution in [-0.2, 0) is 55.3 Å². The number of nitrogens with one attached hydrogen (secondary N) is 5. The van der Waals surface area contributed by atoms with Crippen molar-refractivity contribution in [3.05, 3.63) is 93.6 Å². The number of morpholine rings is 1. The molecule has 0 spiro atoms. The highest BCUT2D eigenvalue weighted by atomic mass is 35.5. The van der Waals surface area contributed by atoms with Gasteiger partial charge < -0.3 is 45.7 Å². The predicted octanol–water partition coefficient (Wildman–Crippen LogP) is 4.57. The standard InChI is InChI=1S/C42H34Cl2N14O18S5/c43-27-30-34(76-32-23(48-30)10-12-25(36(32)81(71,72)73)51-41-54-38(56-42(57-41)58-14-16-74-17-15-58)46-19-5-7-20(8-6-19)78(62,63)64)28(44)29-33(27)75-31-22(47-29)9-11-24(35(31)80(68,69)70)50-40-53-37(45-13-18-77(59,60)61)52-39(55-40)49-21-3-1-2-4-26(21)79(65,66)67/h1-12H,13-18H2,(H,59,60,61)(H,62,63,64)(H,65,66,67)(H,68,69,70)(H,71,72,73)(H2,46,51,54,56,57)(H3,45,49,50,52,53,55). The first kappa shape index (κ1) is 56.5. The van der Waals surface area contributed by atoms with Crippen molar-refractivity contribution in [1.82, 2.24) is 29.9 Å². The third-order valence-corrected chi connectivity index (χ3v) is 16.4. The van der Waals surface area contributed by atoms with Gasteiger partial charge >= 0.3 is 0 Å². The molecule has 3 aliphatic heterocycles. The monoisotopic (exact) mass is 1250 g/mol. The summed E-state index contributed by atoms with van der Waals surface area (Å²) in [7, 11) is -24.5. The highest BCUT2D eigenvalue weighted by Gasteiger charge is 2.35. The van der Waals surface area contributed by atoms with Gasteiger partial charge in [0.05, 0.1) is 40.9 Å². The number of fused-ring (bicyclic) bond motifs is 4. The molecule has 2 aromatic heterocycles. The van der Waals surface area contributed by atoms with Crippen molar-refractivity contribution < 1.29 is 79.1 Å². The molecule has 5 aromatic carbocycles. The summed E-state index contributed by atoms with van der Waals surface area (Å²) in [4.78, 5) is 33.3. The van der Waals surface area contributed by atoms with E-state index in [1.807, 2.05) is 0 Å². The Morgan fingerprint density at radius 2 is 0.975 bits per heavy atom. The Morgan fingerprint density at radius 3 is 1.46 bits per heavy atom. The molecule has 0 bridgehead atoms. The van der Waals surface area contributed by atoms with Crippen LogP contribution in [0.4, 0.5) is 69.8 Å². The van der Waals surface area contributed by atoms with Crippen molar-refractivity contribution in [2.45, 2.75) is 19.6 Å². The SMILES string of the molecule is O=S(=O)(O)CCNc1nc(Nc2ccccc2S(=O)(=O)O)nc(Nc2ccc3c(c2S(=O)(=O)O)Oc2c(Cl)c4c(c(Cl)c2=N3)Oc2c(ccc(Nc3nc(Nc5ccc(S(=O)(=O)O)cc5)nc(N5CCOCC5)n3)c2S(=O)(=O)O)N=4)n1. The smallest absolute Gasteiger partial charge is 0.300 e. The van der Waals surface area contributed by atoms with E-state index in [0.717, 1.165) is 24.3 Å².